The Kier molecular flexibility index (Phi) is 9.90. The molecular formula is C22H25F3IN5O. The Bertz CT molecular complexity index is 967. The van der Waals surface area contributed by atoms with Crippen LogP contribution in [-0.2, 0) is 6.54 Å². The van der Waals surface area contributed by atoms with Crippen molar-refractivity contribution < 1.29 is 17.9 Å². The lowest BCUT2D eigenvalue weighted by Gasteiger charge is -2.22. The van der Waals surface area contributed by atoms with Gasteiger partial charge in [0.05, 0.1) is 23.9 Å². The van der Waals surface area contributed by atoms with E-state index in [-0.39, 0.29) is 42.3 Å². The molecule has 0 saturated carbocycles. The molecule has 3 rings (SSSR count). The van der Waals surface area contributed by atoms with Gasteiger partial charge in [-0.2, -0.15) is 14.0 Å². The predicted molar refractivity (Wildman–Crippen MR) is 128 cm³/mol. The molecule has 1 aliphatic heterocycles. The van der Waals surface area contributed by atoms with Crippen LogP contribution in [0.5, 0.6) is 5.75 Å². The SMILES string of the molecule is CCNC(=NCc1cc(C#N)ccc1F)NC1CCN(c2ccccc2OC(F)F)C1.I. The van der Waals surface area contributed by atoms with E-state index < -0.39 is 12.4 Å². The highest BCUT2D eigenvalue weighted by Crippen LogP contribution is 2.31. The lowest BCUT2D eigenvalue weighted by molar-refractivity contribution is -0.0495. The molecule has 0 aromatic heterocycles. The van der Waals surface area contributed by atoms with Gasteiger partial charge in [-0.1, -0.05) is 12.1 Å². The summed E-state index contributed by atoms with van der Waals surface area (Å²) in [5.41, 5.74) is 1.33. The highest BCUT2D eigenvalue weighted by atomic mass is 127. The van der Waals surface area contributed by atoms with Crippen LogP contribution in [0.4, 0.5) is 18.9 Å². The molecule has 1 saturated heterocycles. The first-order chi connectivity index (χ1) is 15.0. The third-order valence-corrected chi connectivity index (χ3v) is 4.88. The molecule has 2 aromatic carbocycles. The molecule has 1 heterocycles. The standard InChI is InChI=1S/C22H24F3N5O.HI/c1-2-27-22(28-13-16-11-15(12-26)7-8-18(16)23)29-17-9-10-30(14-17)19-5-3-4-6-20(19)31-21(24)25;/h3-8,11,17,21H,2,9-10,13-14H2,1H3,(H2,27,28,29);1H. The molecule has 0 amide bonds. The second-order valence-corrected chi connectivity index (χ2v) is 7.04. The number of para-hydroxylation sites is 2. The molecule has 0 spiro atoms. The van der Waals surface area contributed by atoms with Crippen molar-refractivity contribution in [1.82, 2.24) is 10.6 Å². The zero-order valence-corrected chi connectivity index (χ0v) is 19.9. The van der Waals surface area contributed by atoms with Crippen LogP contribution in [0.2, 0.25) is 0 Å². The van der Waals surface area contributed by atoms with Crippen LogP contribution in [0, 0.1) is 17.1 Å². The third kappa shape index (κ3) is 6.91. The van der Waals surface area contributed by atoms with Gasteiger partial charge >= 0.3 is 6.61 Å². The van der Waals surface area contributed by atoms with Gasteiger partial charge < -0.3 is 20.3 Å². The Labute approximate surface area is 202 Å². The van der Waals surface area contributed by atoms with Crippen molar-refractivity contribution in [1.29, 1.82) is 5.26 Å². The smallest absolute Gasteiger partial charge is 0.387 e. The molecule has 6 nitrogen and oxygen atoms in total. The zero-order chi connectivity index (χ0) is 22.2. The number of alkyl halides is 2. The average molecular weight is 559 g/mol. The van der Waals surface area contributed by atoms with E-state index in [0.717, 1.165) is 6.42 Å². The van der Waals surface area contributed by atoms with Crippen LogP contribution < -0.4 is 20.3 Å². The monoisotopic (exact) mass is 559 g/mol. The maximum atomic E-state index is 14.0. The Hall–Kier alpha value is -2.68. The van der Waals surface area contributed by atoms with Crippen molar-refractivity contribution in [3.63, 3.8) is 0 Å². The summed E-state index contributed by atoms with van der Waals surface area (Å²) in [5, 5.41) is 15.4. The number of anilines is 1. The van der Waals surface area contributed by atoms with Crippen molar-refractivity contribution >= 4 is 35.6 Å². The van der Waals surface area contributed by atoms with Crippen LogP contribution in [0.15, 0.2) is 47.5 Å². The third-order valence-electron chi connectivity index (χ3n) is 4.88. The average Bonchev–Trinajstić information content (AvgIpc) is 3.21. The van der Waals surface area contributed by atoms with Crippen molar-refractivity contribution in [3.05, 3.63) is 59.4 Å². The summed E-state index contributed by atoms with van der Waals surface area (Å²) in [6, 6.07) is 12.9. The van der Waals surface area contributed by atoms with E-state index in [1.165, 1.54) is 24.3 Å². The predicted octanol–water partition coefficient (Wildman–Crippen LogP) is 4.25. The van der Waals surface area contributed by atoms with Crippen LogP contribution in [0.1, 0.15) is 24.5 Å². The van der Waals surface area contributed by atoms with Crippen molar-refractivity contribution in [2.45, 2.75) is 32.5 Å². The minimum Gasteiger partial charge on any atom is -0.433 e. The maximum Gasteiger partial charge on any atom is 0.387 e. The van der Waals surface area contributed by atoms with E-state index in [1.807, 2.05) is 17.9 Å². The summed E-state index contributed by atoms with van der Waals surface area (Å²) in [4.78, 5) is 6.42. The molecule has 0 aliphatic carbocycles. The summed E-state index contributed by atoms with van der Waals surface area (Å²) in [7, 11) is 0. The van der Waals surface area contributed by atoms with E-state index in [0.29, 0.717) is 42.4 Å². The van der Waals surface area contributed by atoms with Crippen molar-refractivity contribution in [3.8, 4) is 11.8 Å². The Morgan fingerprint density at radius 2 is 2.09 bits per heavy atom. The maximum absolute atomic E-state index is 14.0. The van der Waals surface area contributed by atoms with Crippen LogP contribution in [-0.4, -0.2) is 38.2 Å². The van der Waals surface area contributed by atoms with Crippen LogP contribution in [0.25, 0.3) is 0 Å². The lowest BCUT2D eigenvalue weighted by atomic mass is 10.1. The number of halogens is 4. The number of hydrogen-bond donors (Lipinski definition) is 2. The van der Waals surface area contributed by atoms with Gasteiger partial charge in [0.1, 0.15) is 11.6 Å². The minimum atomic E-state index is -2.88. The van der Waals surface area contributed by atoms with Crippen molar-refractivity contribution in [2.24, 2.45) is 4.99 Å². The molecule has 1 unspecified atom stereocenters. The number of nitrogens with zero attached hydrogens (tertiary/aromatic N) is 3. The summed E-state index contributed by atoms with van der Waals surface area (Å²) in [5.74, 6) is 0.251. The number of hydrogen-bond acceptors (Lipinski definition) is 4. The van der Waals surface area contributed by atoms with E-state index >= 15 is 0 Å². The van der Waals surface area contributed by atoms with Gasteiger partial charge in [0, 0.05) is 31.2 Å². The molecule has 1 aliphatic rings. The van der Waals surface area contributed by atoms with Crippen LogP contribution >= 0.6 is 24.0 Å². The summed E-state index contributed by atoms with van der Waals surface area (Å²) in [6.45, 7) is 0.982. The summed E-state index contributed by atoms with van der Waals surface area (Å²) < 4.78 is 44.1. The molecule has 10 heteroatoms. The number of ether oxygens (including phenoxy) is 1. The largest absolute Gasteiger partial charge is 0.433 e. The number of nitriles is 1. The van der Waals surface area contributed by atoms with E-state index in [1.54, 1.807) is 18.2 Å². The molecule has 32 heavy (non-hydrogen) atoms. The van der Waals surface area contributed by atoms with Gasteiger partial charge in [-0.25, -0.2) is 9.38 Å². The Morgan fingerprint density at radius 1 is 1.31 bits per heavy atom. The quantitative estimate of drug-likeness (QED) is 0.302. The molecule has 1 fully saturated rings. The Morgan fingerprint density at radius 3 is 2.81 bits per heavy atom. The van der Waals surface area contributed by atoms with E-state index in [9.17, 15) is 13.2 Å². The molecule has 2 N–H and O–H groups in total. The highest BCUT2D eigenvalue weighted by molar-refractivity contribution is 14.0. The highest BCUT2D eigenvalue weighted by Gasteiger charge is 2.26. The van der Waals surface area contributed by atoms with Gasteiger partial charge in [0.15, 0.2) is 5.96 Å². The van der Waals surface area contributed by atoms with Gasteiger partial charge in [0.25, 0.3) is 0 Å². The fourth-order valence-corrected chi connectivity index (χ4v) is 3.45. The fraction of sp³-hybridized carbons (Fsp3) is 0.364. The molecular weight excluding hydrogens is 534 g/mol. The zero-order valence-electron chi connectivity index (χ0n) is 17.5. The number of benzene rings is 2. The first-order valence-corrected chi connectivity index (χ1v) is 10.0. The molecule has 0 radical (unpaired) electrons. The number of nitrogens with one attached hydrogen (secondary N) is 2. The second-order valence-electron chi connectivity index (χ2n) is 7.04. The lowest BCUT2D eigenvalue weighted by Crippen LogP contribution is -2.44. The minimum absolute atomic E-state index is 0. The summed E-state index contributed by atoms with van der Waals surface area (Å²) in [6.07, 6.45) is 0.770. The molecule has 172 valence electrons. The fourth-order valence-electron chi connectivity index (χ4n) is 3.45. The van der Waals surface area contributed by atoms with E-state index in [2.05, 4.69) is 20.4 Å². The number of rotatable bonds is 7. The number of guanidine groups is 1. The Balaban J connectivity index is 0.00000363. The van der Waals surface area contributed by atoms with Crippen molar-refractivity contribution in [2.75, 3.05) is 24.5 Å². The first kappa shape index (κ1) is 25.6. The normalized spacial score (nSPS) is 15.8. The first-order valence-electron chi connectivity index (χ1n) is 10.0. The topological polar surface area (TPSA) is 72.7 Å². The second kappa shape index (κ2) is 12.4. The van der Waals surface area contributed by atoms with Crippen LogP contribution in [0.3, 0.4) is 0 Å². The summed E-state index contributed by atoms with van der Waals surface area (Å²) >= 11 is 0. The van der Waals surface area contributed by atoms with Gasteiger partial charge in [-0.15, -0.1) is 24.0 Å². The van der Waals surface area contributed by atoms with Gasteiger partial charge in [-0.3, -0.25) is 0 Å². The molecule has 0 bridgehead atoms. The molecule has 2 aromatic rings. The van der Waals surface area contributed by atoms with Gasteiger partial charge in [-0.05, 0) is 43.7 Å². The van der Waals surface area contributed by atoms with E-state index in [4.69, 9.17) is 5.26 Å². The molecule has 1 atom stereocenters. The van der Waals surface area contributed by atoms with Gasteiger partial charge in [0.2, 0.25) is 0 Å². The number of aliphatic imine (C=N–C) groups is 1.